The zero-order valence-electron chi connectivity index (χ0n) is 11.6. The van der Waals surface area contributed by atoms with Crippen LogP contribution in [0.4, 0.5) is 5.69 Å². The maximum absolute atomic E-state index is 11.3. The summed E-state index contributed by atoms with van der Waals surface area (Å²) >= 11 is 0. The average Bonchev–Trinajstić information content (AvgIpc) is 2.93. The molecule has 106 valence electrons. The number of hydrogen-bond acceptors (Lipinski definition) is 5. The van der Waals surface area contributed by atoms with E-state index in [1.165, 1.54) is 5.56 Å². The van der Waals surface area contributed by atoms with Gasteiger partial charge in [-0.25, -0.2) is 5.84 Å². The van der Waals surface area contributed by atoms with Gasteiger partial charge >= 0.3 is 0 Å². The van der Waals surface area contributed by atoms with Gasteiger partial charge in [0.25, 0.3) is 5.91 Å². The highest BCUT2D eigenvalue weighted by Crippen LogP contribution is 2.21. The quantitative estimate of drug-likeness (QED) is 0.491. The molecular weight excluding hydrogens is 256 g/mol. The highest BCUT2D eigenvalue weighted by Gasteiger charge is 2.14. The summed E-state index contributed by atoms with van der Waals surface area (Å²) in [7, 11) is 0. The molecule has 0 saturated carbocycles. The van der Waals surface area contributed by atoms with E-state index in [1.54, 1.807) is 6.07 Å². The molecule has 0 bridgehead atoms. The van der Waals surface area contributed by atoms with Crippen molar-refractivity contribution >= 4 is 11.6 Å². The first-order valence-electron chi connectivity index (χ1n) is 6.42. The van der Waals surface area contributed by atoms with Crippen LogP contribution in [0.1, 0.15) is 28.7 Å². The number of nitrogens with zero attached hydrogens (tertiary/aromatic N) is 2. The normalized spacial score (nSPS) is 10.3. The molecule has 1 aromatic carbocycles. The van der Waals surface area contributed by atoms with Crippen LogP contribution in [0.15, 0.2) is 34.9 Å². The number of para-hydroxylation sites is 1. The number of benzene rings is 1. The van der Waals surface area contributed by atoms with Crippen LogP contribution in [-0.2, 0) is 6.54 Å². The summed E-state index contributed by atoms with van der Waals surface area (Å²) in [5, 5.41) is 3.70. The van der Waals surface area contributed by atoms with Crippen molar-refractivity contribution < 1.29 is 9.32 Å². The largest absolute Gasteiger partial charge is 0.364 e. The average molecular weight is 274 g/mol. The standard InChI is InChI=1S/C14H18N4O2/c1-3-18(13-7-5-4-6-10(13)2)9-11-8-12(17-20-11)14(19)16-15/h4-8H,3,9,15H2,1-2H3,(H,16,19). The third-order valence-electron chi connectivity index (χ3n) is 3.11. The third kappa shape index (κ3) is 2.97. The Morgan fingerprint density at radius 3 is 2.85 bits per heavy atom. The molecular formula is C14H18N4O2. The Kier molecular flexibility index (Phi) is 4.37. The molecule has 0 unspecified atom stereocenters. The number of carbonyl (C=O) groups is 1. The van der Waals surface area contributed by atoms with Crippen molar-refractivity contribution in [3.63, 3.8) is 0 Å². The van der Waals surface area contributed by atoms with Crippen molar-refractivity contribution in [3.05, 3.63) is 47.3 Å². The summed E-state index contributed by atoms with van der Waals surface area (Å²) in [6.45, 7) is 5.50. The number of aryl methyl sites for hydroxylation is 1. The molecule has 0 saturated heterocycles. The first-order valence-corrected chi connectivity index (χ1v) is 6.42. The number of hydrogen-bond donors (Lipinski definition) is 2. The van der Waals surface area contributed by atoms with E-state index in [9.17, 15) is 4.79 Å². The fourth-order valence-electron chi connectivity index (χ4n) is 2.04. The lowest BCUT2D eigenvalue weighted by molar-refractivity contribution is 0.0944. The lowest BCUT2D eigenvalue weighted by Gasteiger charge is -2.23. The highest BCUT2D eigenvalue weighted by molar-refractivity contribution is 5.91. The molecule has 3 N–H and O–H groups in total. The van der Waals surface area contributed by atoms with Gasteiger partial charge in [0, 0.05) is 18.3 Å². The molecule has 1 heterocycles. The number of carbonyl (C=O) groups excluding carboxylic acids is 1. The second-order valence-corrected chi connectivity index (χ2v) is 4.45. The Morgan fingerprint density at radius 2 is 2.20 bits per heavy atom. The maximum atomic E-state index is 11.3. The van der Waals surface area contributed by atoms with Crippen LogP contribution in [0, 0.1) is 6.92 Å². The zero-order chi connectivity index (χ0) is 14.5. The van der Waals surface area contributed by atoms with E-state index in [1.807, 2.05) is 17.6 Å². The number of amides is 1. The molecule has 0 aliphatic heterocycles. The Bertz CT molecular complexity index is 594. The van der Waals surface area contributed by atoms with Crippen molar-refractivity contribution in [1.29, 1.82) is 0 Å². The van der Waals surface area contributed by atoms with Crippen molar-refractivity contribution in [2.75, 3.05) is 11.4 Å². The van der Waals surface area contributed by atoms with Crippen LogP contribution >= 0.6 is 0 Å². The third-order valence-corrected chi connectivity index (χ3v) is 3.11. The molecule has 0 aliphatic rings. The van der Waals surface area contributed by atoms with Gasteiger partial charge in [0.05, 0.1) is 6.54 Å². The van der Waals surface area contributed by atoms with Gasteiger partial charge in [-0.05, 0) is 25.5 Å². The monoisotopic (exact) mass is 274 g/mol. The SMILES string of the molecule is CCN(Cc1cc(C(=O)NN)no1)c1ccccc1C. The predicted octanol–water partition coefficient (Wildman–Crippen LogP) is 1.61. The summed E-state index contributed by atoms with van der Waals surface area (Å²) in [5.74, 6) is 5.22. The number of nitrogens with two attached hydrogens (primary N) is 1. The smallest absolute Gasteiger partial charge is 0.287 e. The van der Waals surface area contributed by atoms with E-state index in [2.05, 4.69) is 36.0 Å². The Labute approximate surface area is 117 Å². The van der Waals surface area contributed by atoms with Crippen molar-refractivity contribution in [2.45, 2.75) is 20.4 Å². The maximum Gasteiger partial charge on any atom is 0.287 e. The minimum atomic E-state index is -0.459. The predicted molar refractivity (Wildman–Crippen MR) is 76.1 cm³/mol. The van der Waals surface area contributed by atoms with Crippen molar-refractivity contribution in [2.24, 2.45) is 5.84 Å². The van der Waals surface area contributed by atoms with Crippen LogP contribution < -0.4 is 16.2 Å². The second kappa shape index (κ2) is 6.21. The number of nitrogens with one attached hydrogen (secondary N) is 1. The lowest BCUT2D eigenvalue weighted by Crippen LogP contribution is -2.30. The van der Waals surface area contributed by atoms with Gasteiger partial charge in [0.15, 0.2) is 11.5 Å². The number of rotatable bonds is 5. The summed E-state index contributed by atoms with van der Waals surface area (Å²) in [6.07, 6.45) is 0. The number of nitrogen functional groups attached to an aromatic ring is 1. The second-order valence-electron chi connectivity index (χ2n) is 4.45. The van der Waals surface area contributed by atoms with Gasteiger partial charge in [0.1, 0.15) is 0 Å². The van der Waals surface area contributed by atoms with E-state index in [4.69, 9.17) is 10.4 Å². The molecule has 2 aromatic rings. The van der Waals surface area contributed by atoms with Gasteiger partial charge < -0.3 is 9.42 Å². The number of aromatic nitrogens is 1. The molecule has 1 aromatic heterocycles. The minimum Gasteiger partial charge on any atom is -0.364 e. The van der Waals surface area contributed by atoms with E-state index < -0.39 is 5.91 Å². The fraction of sp³-hybridized carbons (Fsp3) is 0.286. The number of hydrazine groups is 1. The van der Waals surface area contributed by atoms with Crippen molar-refractivity contribution in [3.8, 4) is 0 Å². The van der Waals surface area contributed by atoms with E-state index in [-0.39, 0.29) is 5.69 Å². The first kappa shape index (κ1) is 14.1. The number of anilines is 1. The summed E-state index contributed by atoms with van der Waals surface area (Å²) in [5.41, 5.74) is 4.54. The molecule has 0 atom stereocenters. The Morgan fingerprint density at radius 1 is 1.45 bits per heavy atom. The van der Waals surface area contributed by atoms with Crippen LogP contribution in [0.5, 0.6) is 0 Å². The van der Waals surface area contributed by atoms with Gasteiger partial charge in [-0.15, -0.1) is 0 Å². The molecule has 6 heteroatoms. The Balaban J connectivity index is 2.17. The summed E-state index contributed by atoms with van der Waals surface area (Å²) < 4.78 is 5.17. The molecule has 0 aliphatic carbocycles. The first-order chi connectivity index (χ1) is 9.65. The van der Waals surface area contributed by atoms with Gasteiger partial charge in [-0.1, -0.05) is 23.4 Å². The topological polar surface area (TPSA) is 84.4 Å². The molecule has 1 amide bonds. The molecule has 0 fully saturated rings. The van der Waals surface area contributed by atoms with Crippen LogP contribution in [0.3, 0.4) is 0 Å². The zero-order valence-corrected chi connectivity index (χ0v) is 11.6. The van der Waals surface area contributed by atoms with Gasteiger partial charge in [0.2, 0.25) is 0 Å². The highest BCUT2D eigenvalue weighted by atomic mass is 16.5. The molecule has 2 rings (SSSR count). The van der Waals surface area contributed by atoms with E-state index in [0.717, 1.165) is 12.2 Å². The molecule has 6 nitrogen and oxygen atoms in total. The van der Waals surface area contributed by atoms with Crippen LogP contribution in [0.25, 0.3) is 0 Å². The van der Waals surface area contributed by atoms with E-state index >= 15 is 0 Å². The van der Waals surface area contributed by atoms with Crippen molar-refractivity contribution in [1.82, 2.24) is 10.6 Å². The molecule has 0 spiro atoms. The minimum absolute atomic E-state index is 0.184. The summed E-state index contributed by atoms with van der Waals surface area (Å²) in [6, 6.07) is 9.72. The summed E-state index contributed by atoms with van der Waals surface area (Å²) in [4.78, 5) is 13.5. The lowest BCUT2D eigenvalue weighted by atomic mass is 10.1. The fourth-order valence-corrected chi connectivity index (χ4v) is 2.04. The van der Waals surface area contributed by atoms with Gasteiger partial charge in [-0.2, -0.15) is 0 Å². The van der Waals surface area contributed by atoms with E-state index in [0.29, 0.717) is 12.3 Å². The molecule has 20 heavy (non-hydrogen) atoms. The van der Waals surface area contributed by atoms with Crippen LogP contribution in [0.2, 0.25) is 0 Å². The molecule has 0 radical (unpaired) electrons. The Hall–Kier alpha value is -2.34. The van der Waals surface area contributed by atoms with Crippen LogP contribution in [-0.4, -0.2) is 17.6 Å². The van der Waals surface area contributed by atoms with Gasteiger partial charge in [-0.3, -0.25) is 10.2 Å².